The first kappa shape index (κ1) is 18.3. The smallest absolute Gasteiger partial charge is 0.264 e. The molecule has 6 nitrogen and oxygen atoms in total. The molecule has 0 unspecified atom stereocenters. The van der Waals surface area contributed by atoms with Crippen LogP contribution < -0.4 is 11.1 Å². The van der Waals surface area contributed by atoms with Crippen molar-refractivity contribution < 1.29 is 0 Å². The number of hydrogen-bond donors (Lipinski definition) is 0. The minimum absolute atomic E-state index is 0.0698. The van der Waals surface area contributed by atoms with Crippen LogP contribution >= 0.6 is 34.0 Å². The van der Waals surface area contributed by atoms with Crippen molar-refractivity contribution in [2.24, 2.45) is 0 Å². The van der Waals surface area contributed by atoms with Crippen LogP contribution in [0.2, 0.25) is 0 Å². The largest absolute Gasteiger partial charge is 0.268 e. The van der Waals surface area contributed by atoms with Gasteiger partial charge in [-0.2, -0.15) is 0 Å². The Hall–Kier alpha value is -3.14. The van der Waals surface area contributed by atoms with Gasteiger partial charge in [-0.05, 0) is 46.9 Å². The maximum absolute atomic E-state index is 13.7. The zero-order valence-corrected chi connectivity index (χ0v) is 20.0. The van der Waals surface area contributed by atoms with E-state index < -0.39 is 0 Å². The van der Waals surface area contributed by atoms with Crippen LogP contribution in [0.4, 0.5) is 0 Å². The second kappa shape index (κ2) is 5.85. The number of rotatable bonds is 2. The van der Waals surface area contributed by atoms with Gasteiger partial charge in [0, 0.05) is 21.5 Å². The lowest BCUT2D eigenvalue weighted by atomic mass is 10.0. The molecule has 0 aliphatic heterocycles. The Morgan fingerprint density at radius 3 is 1.64 bits per heavy atom. The molecule has 0 aliphatic rings. The molecule has 0 radical (unpaired) electrons. The van der Waals surface area contributed by atoms with Crippen molar-refractivity contribution >= 4 is 96.9 Å². The molecule has 0 amide bonds. The number of hydrogen-bond acceptors (Lipinski definition) is 7. The highest BCUT2D eigenvalue weighted by Gasteiger charge is 2.26. The lowest BCUT2D eigenvalue weighted by Gasteiger charge is -2.05. The minimum atomic E-state index is -0.0698. The maximum Gasteiger partial charge on any atom is 0.264 e. The number of nitrogens with zero attached hydrogens (tertiary/aromatic N) is 4. The summed E-state index contributed by atoms with van der Waals surface area (Å²) in [7, 11) is 0. The van der Waals surface area contributed by atoms with Gasteiger partial charge in [0.2, 0.25) is 0 Å². The van der Waals surface area contributed by atoms with Gasteiger partial charge in [0.15, 0.2) is 11.3 Å². The summed E-state index contributed by atoms with van der Waals surface area (Å²) in [6.45, 7) is 4.20. The molecule has 7 aromatic heterocycles. The Morgan fingerprint density at radius 1 is 0.758 bits per heavy atom. The molecule has 9 heteroatoms. The molecule has 7 heterocycles. The molecule has 1 aromatic carbocycles. The van der Waals surface area contributed by atoms with E-state index in [1.165, 1.54) is 0 Å². The molecule has 8 rings (SSSR count). The van der Waals surface area contributed by atoms with E-state index in [-0.39, 0.29) is 11.1 Å². The third-order valence-electron chi connectivity index (χ3n) is 6.82. The van der Waals surface area contributed by atoms with Crippen LogP contribution in [0, 0.1) is 0 Å². The Bertz CT molecular complexity index is 2050. The van der Waals surface area contributed by atoms with Crippen molar-refractivity contribution in [3.63, 3.8) is 0 Å². The standard InChI is InChI=1S/C24H14N4O2S3/c1-3-9-7-31-21-15(9)27-19(25-21)17-13-11(23(27)29)5-6-12-14(13)18(33-17)20-26-22-16(28(20)24(12)30)10(4-2)8-32-22/h5-8H,3-4H2,1-2H3. The predicted octanol–water partition coefficient (Wildman–Crippen LogP) is 5.65. The van der Waals surface area contributed by atoms with Crippen molar-refractivity contribution in [1.29, 1.82) is 0 Å². The fourth-order valence-electron chi connectivity index (χ4n) is 5.29. The van der Waals surface area contributed by atoms with E-state index in [9.17, 15) is 9.59 Å². The summed E-state index contributed by atoms with van der Waals surface area (Å²) < 4.78 is 5.46. The quantitative estimate of drug-likeness (QED) is 0.296. The van der Waals surface area contributed by atoms with E-state index in [1.54, 1.807) is 42.8 Å². The first-order valence-corrected chi connectivity index (χ1v) is 13.4. The average Bonchev–Trinajstić information content (AvgIpc) is 3.60. The first-order chi connectivity index (χ1) is 16.1. The second-order valence-corrected chi connectivity index (χ2v) is 11.1. The van der Waals surface area contributed by atoms with Gasteiger partial charge < -0.3 is 0 Å². The SMILES string of the molecule is CCc1csc2nc3c4sc5c6c(ccc(c(=O)n3c12)c46)c(=O)n1c5nc2scc(CC)c21. The molecule has 0 spiro atoms. The normalized spacial score (nSPS) is 13.0. The summed E-state index contributed by atoms with van der Waals surface area (Å²) in [5.74, 6) is 0. The summed E-state index contributed by atoms with van der Waals surface area (Å²) in [6, 6.07) is 3.64. The second-order valence-electron chi connectivity index (χ2n) is 8.36. The van der Waals surface area contributed by atoms with E-state index in [1.807, 2.05) is 12.1 Å². The van der Waals surface area contributed by atoms with Crippen LogP contribution in [0.3, 0.4) is 0 Å². The van der Waals surface area contributed by atoms with Crippen molar-refractivity contribution in [3.8, 4) is 0 Å². The number of pyridine rings is 2. The van der Waals surface area contributed by atoms with E-state index in [0.29, 0.717) is 22.1 Å². The Kier molecular flexibility index (Phi) is 3.25. The van der Waals surface area contributed by atoms with Gasteiger partial charge in [-0.25, -0.2) is 9.97 Å². The number of aryl methyl sites for hydroxylation is 2. The van der Waals surface area contributed by atoms with Crippen molar-refractivity contribution in [2.45, 2.75) is 26.7 Å². The summed E-state index contributed by atoms with van der Waals surface area (Å²) in [5, 5.41) is 7.15. The number of thiophene rings is 3. The molecule has 8 aromatic rings. The summed E-state index contributed by atoms with van der Waals surface area (Å²) in [4.78, 5) is 38.9. The lowest BCUT2D eigenvalue weighted by Crippen LogP contribution is -2.15. The monoisotopic (exact) mass is 486 g/mol. The topological polar surface area (TPSA) is 68.7 Å². The molecule has 0 saturated heterocycles. The molecule has 0 atom stereocenters. The third kappa shape index (κ3) is 1.93. The number of aromatic nitrogens is 4. The van der Waals surface area contributed by atoms with Gasteiger partial charge in [-0.15, -0.1) is 34.0 Å². The number of benzene rings is 1. The van der Waals surface area contributed by atoms with E-state index >= 15 is 0 Å². The zero-order chi connectivity index (χ0) is 22.2. The first-order valence-electron chi connectivity index (χ1n) is 10.8. The van der Waals surface area contributed by atoms with Crippen LogP contribution in [0.15, 0.2) is 32.5 Å². The molecule has 0 fully saturated rings. The molecule has 0 aliphatic carbocycles. The van der Waals surface area contributed by atoms with Gasteiger partial charge in [-0.3, -0.25) is 18.4 Å². The van der Waals surface area contributed by atoms with Gasteiger partial charge in [0.25, 0.3) is 11.1 Å². The van der Waals surface area contributed by atoms with Gasteiger partial charge in [0.1, 0.15) is 9.66 Å². The van der Waals surface area contributed by atoms with E-state index in [2.05, 4.69) is 24.6 Å². The molecule has 0 saturated carbocycles. The molecule has 160 valence electrons. The van der Waals surface area contributed by atoms with Crippen LogP contribution in [-0.2, 0) is 12.8 Å². The third-order valence-corrected chi connectivity index (χ3v) is 9.83. The number of fused-ring (bicyclic) bond motifs is 8. The molecule has 0 bridgehead atoms. The Balaban J connectivity index is 1.71. The highest BCUT2D eigenvalue weighted by molar-refractivity contribution is 7.27. The van der Waals surface area contributed by atoms with Crippen molar-refractivity contribution in [2.75, 3.05) is 0 Å². The zero-order valence-electron chi connectivity index (χ0n) is 17.6. The highest BCUT2D eigenvalue weighted by Crippen LogP contribution is 2.44. The Morgan fingerprint density at radius 2 is 1.21 bits per heavy atom. The Labute approximate surface area is 196 Å². The summed E-state index contributed by atoms with van der Waals surface area (Å²) in [6.07, 6.45) is 1.69. The average molecular weight is 487 g/mol. The van der Waals surface area contributed by atoms with Gasteiger partial charge in [-0.1, -0.05) is 13.8 Å². The van der Waals surface area contributed by atoms with Crippen LogP contribution in [0.1, 0.15) is 25.0 Å². The summed E-state index contributed by atoms with van der Waals surface area (Å²) in [5.41, 5.74) is 5.34. The summed E-state index contributed by atoms with van der Waals surface area (Å²) >= 11 is 4.75. The molecule has 33 heavy (non-hydrogen) atoms. The highest BCUT2D eigenvalue weighted by atomic mass is 32.1. The van der Waals surface area contributed by atoms with Crippen molar-refractivity contribution in [3.05, 3.63) is 54.7 Å². The minimum Gasteiger partial charge on any atom is -0.268 e. The van der Waals surface area contributed by atoms with Crippen molar-refractivity contribution in [1.82, 2.24) is 18.8 Å². The molecular weight excluding hydrogens is 472 g/mol. The van der Waals surface area contributed by atoms with Gasteiger partial charge >= 0.3 is 0 Å². The molecular formula is C24H14N4O2S3. The van der Waals surface area contributed by atoms with E-state index in [4.69, 9.17) is 9.97 Å². The van der Waals surface area contributed by atoms with Crippen LogP contribution in [0.25, 0.3) is 62.9 Å². The van der Waals surface area contributed by atoms with Crippen LogP contribution in [0.5, 0.6) is 0 Å². The van der Waals surface area contributed by atoms with E-state index in [0.717, 1.165) is 64.8 Å². The molecule has 0 N–H and O–H groups in total. The fourth-order valence-corrected chi connectivity index (χ4v) is 8.58. The van der Waals surface area contributed by atoms with Crippen LogP contribution in [-0.4, -0.2) is 18.8 Å². The fraction of sp³-hybridized carbons (Fsp3) is 0.167. The maximum atomic E-state index is 13.7. The van der Waals surface area contributed by atoms with Gasteiger partial charge in [0.05, 0.1) is 20.4 Å². The lowest BCUT2D eigenvalue weighted by molar-refractivity contribution is 1.12. The predicted molar refractivity (Wildman–Crippen MR) is 139 cm³/mol. The number of imidazole rings is 2.